The maximum absolute atomic E-state index is 12.4. The quantitative estimate of drug-likeness (QED) is 0.236. The number of oxazole rings is 1. The van der Waals surface area contributed by atoms with Crippen LogP contribution in [0.15, 0.2) is 83.4 Å². The third-order valence-corrected chi connectivity index (χ3v) is 5.15. The summed E-state index contributed by atoms with van der Waals surface area (Å²) in [4.78, 5) is 21.3. The third-order valence-electron chi connectivity index (χ3n) is 5.15. The van der Waals surface area contributed by atoms with Crippen LogP contribution in [0.3, 0.4) is 0 Å². The Kier molecular flexibility index (Phi) is 7.50. The molecule has 0 aliphatic heterocycles. The molecule has 0 aliphatic rings. The summed E-state index contributed by atoms with van der Waals surface area (Å²) >= 11 is 0. The largest absolute Gasteiger partial charge is 0.493 e. The molecule has 0 unspecified atom stereocenters. The fourth-order valence-electron chi connectivity index (χ4n) is 3.43. The second kappa shape index (κ2) is 11.1. The number of benzene rings is 2. The van der Waals surface area contributed by atoms with Crippen LogP contribution in [0.1, 0.15) is 29.6 Å². The van der Waals surface area contributed by atoms with Gasteiger partial charge in [0.1, 0.15) is 11.5 Å². The van der Waals surface area contributed by atoms with Gasteiger partial charge in [0.15, 0.2) is 0 Å². The molecule has 4 rings (SSSR count). The average Bonchev–Trinajstić information content (AvgIpc) is 3.25. The molecule has 2 aromatic heterocycles. The van der Waals surface area contributed by atoms with Gasteiger partial charge in [0, 0.05) is 18.2 Å². The van der Waals surface area contributed by atoms with Crippen molar-refractivity contribution in [2.24, 2.45) is 0 Å². The highest BCUT2D eigenvalue weighted by Crippen LogP contribution is 2.23. The maximum atomic E-state index is 12.4. The van der Waals surface area contributed by atoms with E-state index in [-0.39, 0.29) is 0 Å². The van der Waals surface area contributed by atoms with Gasteiger partial charge in [0.2, 0.25) is 5.89 Å². The van der Waals surface area contributed by atoms with Crippen molar-refractivity contribution in [3.05, 3.63) is 102 Å². The lowest BCUT2D eigenvalue weighted by atomic mass is 10.1. The number of carbonyl (C=O) groups excluding carboxylic acids is 1. The third kappa shape index (κ3) is 5.78. The van der Waals surface area contributed by atoms with E-state index in [9.17, 15) is 4.79 Å². The summed E-state index contributed by atoms with van der Waals surface area (Å²) in [7, 11) is 0. The Morgan fingerprint density at radius 2 is 1.76 bits per heavy atom. The predicted octanol–water partition coefficient (Wildman–Crippen LogP) is 5.77. The molecular formula is C28H26N2O4. The number of nitrogens with zero attached hydrogens (tertiary/aromatic N) is 2. The van der Waals surface area contributed by atoms with Crippen molar-refractivity contribution in [1.29, 1.82) is 0 Å². The molecule has 0 fully saturated rings. The Balaban J connectivity index is 1.40. The molecule has 2 heterocycles. The molecule has 4 aromatic rings. The van der Waals surface area contributed by atoms with Crippen LogP contribution < -0.4 is 4.74 Å². The average molecular weight is 455 g/mol. The van der Waals surface area contributed by atoms with E-state index in [0.717, 1.165) is 28.3 Å². The monoisotopic (exact) mass is 454 g/mol. The number of pyridine rings is 1. The van der Waals surface area contributed by atoms with Crippen molar-refractivity contribution < 1.29 is 18.7 Å². The van der Waals surface area contributed by atoms with Crippen molar-refractivity contribution in [1.82, 2.24) is 9.97 Å². The molecule has 0 atom stereocenters. The number of aryl methyl sites for hydroxylation is 1. The van der Waals surface area contributed by atoms with Crippen LogP contribution >= 0.6 is 0 Å². The Morgan fingerprint density at radius 3 is 2.47 bits per heavy atom. The highest BCUT2D eigenvalue weighted by Gasteiger charge is 2.15. The zero-order chi connectivity index (χ0) is 23.8. The van der Waals surface area contributed by atoms with Gasteiger partial charge >= 0.3 is 5.97 Å². The molecule has 6 nitrogen and oxygen atoms in total. The molecular weight excluding hydrogens is 428 g/mol. The first-order valence-corrected chi connectivity index (χ1v) is 11.2. The first-order chi connectivity index (χ1) is 16.6. The van der Waals surface area contributed by atoms with Crippen molar-refractivity contribution in [2.45, 2.75) is 20.3 Å². The molecule has 0 bridgehead atoms. The lowest BCUT2D eigenvalue weighted by Crippen LogP contribution is -2.08. The van der Waals surface area contributed by atoms with Gasteiger partial charge in [-0.15, -0.1) is 0 Å². The van der Waals surface area contributed by atoms with Crippen molar-refractivity contribution >= 4 is 17.6 Å². The van der Waals surface area contributed by atoms with Gasteiger partial charge in [-0.2, -0.15) is 0 Å². The Labute approximate surface area is 198 Å². The van der Waals surface area contributed by atoms with E-state index in [1.165, 1.54) is 0 Å². The molecule has 172 valence electrons. The predicted molar refractivity (Wildman–Crippen MR) is 131 cm³/mol. The van der Waals surface area contributed by atoms with E-state index >= 15 is 0 Å². The zero-order valence-corrected chi connectivity index (χ0v) is 19.2. The van der Waals surface area contributed by atoms with Gasteiger partial charge < -0.3 is 13.9 Å². The zero-order valence-electron chi connectivity index (χ0n) is 19.2. The minimum atomic E-state index is -0.403. The van der Waals surface area contributed by atoms with Crippen LogP contribution in [0.2, 0.25) is 0 Å². The number of aromatic nitrogens is 2. The van der Waals surface area contributed by atoms with Gasteiger partial charge in [-0.1, -0.05) is 36.4 Å². The smallest absolute Gasteiger partial charge is 0.340 e. The van der Waals surface area contributed by atoms with Crippen LogP contribution in [0.4, 0.5) is 0 Å². The summed E-state index contributed by atoms with van der Waals surface area (Å²) in [6.07, 6.45) is 4.06. The Morgan fingerprint density at radius 1 is 1.00 bits per heavy atom. The van der Waals surface area contributed by atoms with E-state index in [1.807, 2.05) is 67.6 Å². The second-order valence-electron chi connectivity index (χ2n) is 7.55. The SMILES string of the molecule is CCOC(=O)C(=Cc1ccc(OCCc2nc(-c3ccccc3)oc2C)cc1)c1ccccn1. The fourth-order valence-corrected chi connectivity index (χ4v) is 3.43. The lowest BCUT2D eigenvalue weighted by molar-refractivity contribution is -0.136. The molecule has 0 N–H and O–H groups in total. The van der Waals surface area contributed by atoms with Gasteiger partial charge in [-0.05, 0) is 61.9 Å². The van der Waals surface area contributed by atoms with Crippen LogP contribution in [0.5, 0.6) is 5.75 Å². The van der Waals surface area contributed by atoms with Gasteiger partial charge in [-0.3, -0.25) is 4.98 Å². The number of ether oxygens (including phenoxy) is 2. The van der Waals surface area contributed by atoms with Crippen molar-refractivity contribution in [3.63, 3.8) is 0 Å². The summed E-state index contributed by atoms with van der Waals surface area (Å²) in [5.74, 6) is 1.75. The number of rotatable bonds is 9. The van der Waals surface area contributed by atoms with E-state index < -0.39 is 5.97 Å². The first-order valence-electron chi connectivity index (χ1n) is 11.2. The Bertz CT molecular complexity index is 1250. The van der Waals surface area contributed by atoms with Crippen LogP contribution in [0.25, 0.3) is 23.1 Å². The molecule has 2 aromatic carbocycles. The molecule has 0 saturated heterocycles. The lowest BCUT2D eigenvalue weighted by Gasteiger charge is -2.08. The van der Waals surface area contributed by atoms with E-state index in [4.69, 9.17) is 13.9 Å². The summed E-state index contributed by atoms with van der Waals surface area (Å²) in [5.41, 5.74) is 3.66. The normalized spacial score (nSPS) is 11.3. The summed E-state index contributed by atoms with van der Waals surface area (Å²) < 4.78 is 16.9. The number of hydrogen-bond acceptors (Lipinski definition) is 6. The number of carbonyl (C=O) groups is 1. The van der Waals surface area contributed by atoms with E-state index in [0.29, 0.717) is 36.8 Å². The highest BCUT2D eigenvalue weighted by molar-refractivity contribution is 6.21. The minimum Gasteiger partial charge on any atom is -0.493 e. The van der Waals surface area contributed by atoms with E-state index in [1.54, 1.807) is 31.3 Å². The number of esters is 1. The van der Waals surface area contributed by atoms with Crippen LogP contribution in [-0.4, -0.2) is 29.2 Å². The fraction of sp³-hybridized carbons (Fsp3) is 0.179. The van der Waals surface area contributed by atoms with Gasteiger partial charge in [0.05, 0.1) is 30.2 Å². The second-order valence-corrected chi connectivity index (χ2v) is 7.55. The molecule has 0 amide bonds. The molecule has 0 saturated carbocycles. The number of hydrogen-bond donors (Lipinski definition) is 0. The molecule has 6 heteroatoms. The van der Waals surface area contributed by atoms with Crippen LogP contribution in [-0.2, 0) is 16.0 Å². The topological polar surface area (TPSA) is 74.5 Å². The van der Waals surface area contributed by atoms with Gasteiger partial charge in [0.25, 0.3) is 0 Å². The van der Waals surface area contributed by atoms with Crippen molar-refractivity contribution in [2.75, 3.05) is 13.2 Å². The van der Waals surface area contributed by atoms with Gasteiger partial charge in [-0.25, -0.2) is 9.78 Å². The molecule has 0 radical (unpaired) electrons. The van der Waals surface area contributed by atoms with E-state index in [2.05, 4.69) is 9.97 Å². The standard InChI is InChI=1S/C28H26N2O4/c1-3-32-28(31)24(26-11-7-8-17-29-26)19-21-12-14-23(15-13-21)33-18-16-25-20(2)34-27(30-25)22-9-5-4-6-10-22/h4-15,17,19H,3,16,18H2,1-2H3. The van der Waals surface area contributed by atoms with Crippen molar-refractivity contribution in [3.8, 4) is 17.2 Å². The summed E-state index contributed by atoms with van der Waals surface area (Å²) in [6.45, 7) is 4.47. The molecule has 0 spiro atoms. The first kappa shape index (κ1) is 23.0. The highest BCUT2D eigenvalue weighted by atomic mass is 16.5. The molecule has 0 aliphatic carbocycles. The maximum Gasteiger partial charge on any atom is 0.340 e. The minimum absolute atomic E-state index is 0.299. The van der Waals surface area contributed by atoms with Crippen LogP contribution in [0, 0.1) is 6.92 Å². The molecule has 34 heavy (non-hydrogen) atoms. The Hall–Kier alpha value is -4.19. The summed E-state index contributed by atoms with van der Waals surface area (Å²) in [6, 6.07) is 22.8. The summed E-state index contributed by atoms with van der Waals surface area (Å²) in [5, 5.41) is 0.